The fraction of sp³-hybridized carbons (Fsp3) is 0.136. The van der Waals surface area contributed by atoms with Crippen molar-refractivity contribution < 1.29 is 32.2 Å². The van der Waals surface area contributed by atoms with Crippen LogP contribution in [0.3, 0.4) is 0 Å². The van der Waals surface area contributed by atoms with E-state index < -0.39 is 10.0 Å². The highest BCUT2D eigenvalue weighted by Gasteiger charge is 2.16. The van der Waals surface area contributed by atoms with Gasteiger partial charge in [-0.25, -0.2) is 8.42 Å². The SMILES string of the molecule is COc1cccc(NS(=O)(=O)c2ccc(OCC(=O)Nc3ccc4c(c3)OCO4)cc2)c1. The fourth-order valence-corrected chi connectivity index (χ4v) is 3.99. The average molecular weight is 456 g/mol. The van der Waals surface area contributed by atoms with Crippen molar-refractivity contribution in [2.24, 2.45) is 0 Å². The first-order valence-corrected chi connectivity index (χ1v) is 11.0. The van der Waals surface area contributed by atoms with Crippen LogP contribution >= 0.6 is 0 Å². The molecule has 1 amide bonds. The summed E-state index contributed by atoms with van der Waals surface area (Å²) in [6, 6.07) is 17.4. The van der Waals surface area contributed by atoms with Crippen LogP contribution in [0.1, 0.15) is 0 Å². The van der Waals surface area contributed by atoms with Crippen LogP contribution in [0.15, 0.2) is 71.6 Å². The van der Waals surface area contributed by atoms with Gasteiger partial charge in [-0.3, -0.25) is 9.52 Å². The quantitative estimate of drug-likeness (QED) is 0.535. The molecule has 3 aromatic carbocycles. The molecule has 1 aliphatic rings. The Balaban J connectivity index is 1.33. The maximum absolute atomic E-state index is 12.6. The number of carbonyl (C=O) groups excluding carboxylic acids is 1. The Kier molecular flexibility index (Phi) is 6.04. The first-order valence-electron chi connectivity index (χ1n) is 9.52. The standard InChI is InChI=1S/C22H20N2O7S/c1-28-18-4-2-3-16(11-18)24-32(26,27)19-8-6-17(7-9-19)29-13-22(25)23-15-5-10-20-21(12-15)31-14-30-20/h2-12,24H,13-14H2,1H3,(H,23,25). The maximum Gasteiger partial charge on any atom is 0.262 e. The molecule has 0 aromatic heterocycles. The molecule has 32 heavy (non-hydrogen) atoms. The van der Waals surface area contributed by atoms with E-state index in [9.17, 15) is 13.2 Å². The highest BCUT2D eigenvalue weighted by Crippen LogP contribution is 2.34. The minimum atomic E-state index is -3.79. The van der Waals surface area contributed by atoms with Gasteiger partial charge in [0, 0.05) is 17.8 Å². The number of rotatable bonds is 8. The predicted octanol–water partition coefficient (Wildman–Crippen LogP) is 3.24. The first-order chi connectivity index (χ1) is 15.4. The van der Waals surface area contributed by atoms with Crippen molar-refractivity contribution in [1.29, 1.82) is 0 Å². The molecule has 0 spiro atoms. The molecule has 0 unspecified atom stereocenters. The molecule has 1 aliphatic heterocycles. The molecular formula is C22H20N2O7S. The van der Waals surface area contributed by atoms with E-state index in [0.717, 1.165) is 0 Å². The van der Waals surface area contributed by atoms with Crippen LogP contribution in [-0.4, -0.2) is 34.8 Å². The van der Waals surface area contributed by atoms with Crippen LogP contribution in [0.4, 0.5) is 11.4 Å². The van der Waals surface area contributed by atoms with Crippen LogP contribution < -0.4 is 29.0 Å². The summed E-state index contributed by atoms with van der Waals surface area (Å²) in [6.45, 7) is -0.0980. The molecule has 0 bridgehead atoms. The minimum Gasteiger partial charge on any atom is -0.497 e. The number of amides is 1. The molecular weight excluding hydrogens is 436 g/mol. The average Bonchev–Trinajstić information content (AvgIpc) is 3.26. The number of nitrogens with one attached hydrogen (secondary N) is 2. The summed E-state index contributed by atoms with van der Waals surface area (Å²) in [4.78, 5) is 12.2. The number of ether oxygens (including phenoxy) is 4. The Labute approximate surface area is 184 Å². The number of benzene rings is 3. The Morgan fingerprint density at radius 3 is 2.50 bits per heavy atom. The molecule has 3 aromatic rings. The largest absolute Gasteiger partial charge is 0.497 e. The lowest BCUT2D eigenvalue weighted by Crippen LogP contribution is -2.20. The van der Waals surface area contributed by atoms with Crippen molar-refractivity contribution in [1.82, 2.24) is 0 Å². The monoisotopic (exact) mass is 456 g/mol. The Morgan fingerprint density at radius 1 is 0.938 bits per heavy atom. The zero-order chi connectivity index (χ0) is 22.6. The highest BCUT2D eigenvalue weighted by molar-refractivity contribution is 7.92. The number of methoxy groups -OCH3 is 1. The molecule has 0 fully saturated rings. The molecule has 2 N–H and O–H groups in total. The second kappa shape index (κ2) is 9.06. The number of hydrogen-bond donors (Lipinski definition) is 2. The number of fused-ring (bicyclic) bond motifs is 1. The lowest BCUT2D eigenvalue weighted by Gasteiger charge is -2.11. The van der Waals surface area contributed by atoms with Gasteiger partial charge in [0.1, 0.15) is 11.5 Å². The van der Waals surface area contributed by atoms with Gasteiger partial charge in [0.15, 0.2) is 18.1 Å². The summed E-state index contributed by atoms with van der Waals surface area (Å²) in [5.74, 6) is 1.69. The van der Waals surface area contributed by atoms with E-state index in [1.807, 2.05) is 0 Å². The molecule has 0 saturated heterocycles. The van der Waals surface area contributed by atoms with Crippen molar-refractivity contribution in [3.63, 3.8) is 0 Å². The van der Waals surface area contributed by atoms with Gasteiger partial charge in [-0.15, -0.1) is 0 Å². The number of sulfonamides is 1. The van der Waals surface area contributed by atoms with E-state index >= 15 is 0 Å². The van der Waals surface area contributed by atoms with Gasteiger partial charge < -0.3 is 24.3 Å². The van der Waals surface area contributed by atoms with Crippen LogP contribution in [0, 0.1) is 0 Å². The zero-order valence-corrected chi connectivity index (χ0v) is 17.8. The van der Waals surface area contributed by atoms with Crippen molar-refractivity contribution in [3.05, 3.63) is 66.7 Å². The number of carbonyl (C=O) groups is 1. The summed E-state index contributed by atoms with van der Waals surface area (Å²) in [6.07, 6.45) is 0. The molecule has 4 rings (SSSR count). The maximum atomic E-state index is 12.6. The van der Waals surface area contributed by atoms with Crippen LogP contribution in [-0.2, 0) is 14.8 Å². The van der Waals surface area contributed by atoms with Crippen molar-refractivity contribution >= 4 is 27.3 Å². The van der Waals surface area contributed by atoms with Gasteiger partial charge in [-0.1, -0.05) is 6.07 Å². The van der Waals surface area contributed by atoms with Crippen molar-refractivity contribution in [3.8, 4) is 23.0 Å². The molecule has 0 radical (unpaired) electrons. The van der Waals surface area contributed by atoms with Gasteiger partial charge in [0.05, 0.1) is 17.7 Å². The third-order valence-electron chi connectivity index (χ3n) is 4.48. The van der Waals surface area contributed by atoms with Crippen molar-refractivity contribution in [2.75, 3.05) is 30.5 Å². The van der Waals surface area contributed by atoms with Gasteiger partial charge >= 0.3 is 0 Å². The lowest BCUT2D eigenvalue weighted by molar-refractivity contribution is -0.118. The second-order valence-electron chi connectivity index (χ2n) is 6.71. The summed E-state index contributed by atoms with van der Waals surface area (Å²) in [5.41, 5.74) is 0.928. The molecule has 9 nitrogen and oxygen atoms in total. The first kappa shape index (κ1) is 21.3. The van der Waals surface area contributed by atoms with E-state index in [0.29, 0.717) is 34.4 Å². The lowest BCUT2D eigenvalue weighted by atomic mass is 10.3. The zero-order valence-electron chi connectivity index (χ0n) is 17.0. The summed E-state index contributed by atoms with van der Waals surface area (Å²) < 4.78 is 48.7. The highest BCUT2D eigenvalue weighted by atomic mass is 32.2. The van der Waals surface area contributed by atoms with Gasteiger partial charge in [0.25, 0.3) is 15.9 Å². The smallest absolute Gasteiger partial charge is 0.262 e. The third kappa shape index (κ3) is 5.03. The van der Waals surface area contributed by atoms with Gasteiger partial charge in [-0.2, -0.15) is 0 Å². The van der Waals surface area contributed by atoms with Gasteiger partial charge in [-0.05, 0) is 48.5 Å². The van der Waals surface area contributed by atoms with Crippen LogP contribution in [0.25, 0.3) is 0 Å². The fourth-order valence-electron chi connectivity index (χ4n) is 2.94. The second-order valence-corrected chi connectivity index (χ2v) is 8.40. The topological polar surface area (TPSA) is 112 Å². The molecule has 10 heteroatoms. The number of anilines is 2. The summed E-state index contributed by atoms with van der Waals surface area (Å²) in [7, 11) is -2.29. The Hall–Kier alpha value is -3.92. The van der Waals surface area contributed by atoms with E-state index in [4.69, 9.17) is 18.9 Å². The van der Waals surface area contributed by atoms with E-state index in [-0.39, 0.29) is 24.2 Å². The van der Waals surface area contributed by atoms with Crippen LogP contribution in [0.5, 0.6) is 23.0 Å². The minimum absolute atomic E-state index is 0.0532. The normalized spacial score (nSPS) is 12.2. The Bertz CT molecular complexity index is 1230. The van der Waals surface area contributed by atoms with E-state index in [1.165, 1.54) is 31.4 Å². The van der Waals surface area contributed by atoms with Crippen LogP contribution in [0.2, 0.25) is 0 Å². The van der Waals surface area contributed by atoms with E-state index in [2.05, 4.69) is 10.0 Å². The van der Waals surface area contributed by atoms with E-state index in [1.54, 1.807) is 42.5 Å². The van der Waals surface area contributed by atoms with Gasteiger partial charge in [0.2, 0.25) is 6.79 Å². The molecule has 0 atom stereocenters. The summed E-state index contributed by atoms with van der Waals surface area (Å²) >= 11 is 0. The molecule has 0 saturated carbocycles. The molecule has 166 valence electrons. The Morgan fingerprint density at radius 2 is 1.72 bits per heavy atom. The molecule has 1 heterocycles. The third-order valence-corrected chi connectivity index (χ3v) is 5.88. The summed E-state index contributed by atoms with van der Waals surface area (Å²) in [5, 5.41) is 2.70. The predicted molar refractivity (Wildman–Crippen MR) is 117 cm³/mol. The van der Waals surface area contributed by atoms with Crippen molar-refractivity contribution in [2.45, 2.75) is 4.90 Å². The molecule has 0 aliphatic carbocycles. The number of hydrogen-bond acceptors (Lipinski definition) is 7.